The molecule has 1 aliphatic carbocycles. The van der Waals surface area contributed by atoms with E-state index in [4.69, 9.17) is 4.74 Å². The van der Waals surface area contributed by atoms with Crippen LogP contribution in [0, 0.1) is 13.8 Å². The van der Waals surface area contributed by atoms with Gasteiger partial charge in [0.25, 0.3) is 5.56 Å². The third-order valence-electron chi connectivity index (χ3n) is 8.11. The van der Waals surface area contributed by atoms with Crippen LogP contribution in [0.1, 0.15) is 99.3 Å². The largest absolute Gasteiger partial charge is 0.377 e. The topological polar surface area (TPSA) is 88.9 Å². The highest BCUT2D eigenvalue weighted by Crippen LogP contribution is 2.33. The number of benzene rings is 1. The van der Waals surface area contributed by atoms with Crippen molar-refractivity contribution in [1.29, 1.82) is 0 Å². The Morgan fingerprint density at radius 3 is 2.67 bits per heavy atom. The van der Waals surface area contributed by atoms with Crippen LogP contribution in [-0.2, 0) is 11.3 Å². The Balaban J connectivity index is 1.51. The number of hydrogen-bond donors (Lipinski definition) is 1. The molecule has 3 heterocycles. The van der Waals surface area contributed by atoms with Crippen molar-refractivity contribution in [3.05, 3.63) is 51.1 Å². The molecule has 2 atom stereocenters. The molecule has 0 unspecified atom stereocenters. The minimum Gasteiger partial charge on any atom is -0.377 e. The lowest BCUT2D eigenvalue weighted by Crippen LogP contribution is -2.38. The number of fused-ring (bicyclic) bond motifs is 1. The van der Waals surface area contributed by atoms with Crippen molar-refractivity contribution in [2.75, 3.05) is 13.2 Å². The van der Waals surface area contributed by atoms with Gasteiger partial charge in [0, 0.05) is 30.8 Å². The number of aromatic nitrogens is 5. The molecule has 0 radical (unpaired) electrons. The van der Waals surface area contributed by atoms with Gasteiger partial charge in [-0.3, -0.25) is 9.69 Å². The summed E-state index contributed by atoms with van der Waals surface area (Å²) < 4.78 is 8.15. The van der Waals surface area contributed by atoms with E-state index in [2.05, 4.69) is 69.1 Å². The minimum absolute atomic E-state index is 0.0229. The summed E-state index contributed by atoms with van der Waals surface area (Å²) in [5.41, 5.74) is 4.06. The van der Waals surface area contributed by atoms with Crippen molar-refractivity contribution in [1.82, 2.24) is 30.1 Å². The van der Waals surface area contributed by atoms with Gasteiger partial charge in [-0.1, -0.05) is 32.6 Å². The van der Waals surface area contributed by atoms with Crippen LogP contribution < -0.4 is 5.56 Å². The van der Waals surface area contributed by atoms with E-state index in [9.17, 15) is 4.79 Å². The summed E-state index contributed by atoms with van der Waals surface area (Å²) >= 11 is 0. The number of aryl methyl sites for hydroxylation is 2. The molecule has 0 amide bonds. The fourth-order valence-electron chi connectivity index (χ4n) is 5.96. The highest BCUT2D eigenvalue weighted by atomic mass is 16.5. The number of aromatic amines is 1. The predicted octanol–water partition coefficient (Wildman–Crippen LogP) is 5.16. The molecule has 1 saturated carbocycles. The first-order valence-corrected chi connectivity index (χ1v) is 13.8. The lowest BCUT2D eigenvalue weighted by Gasteiger charge is -2.33. The molecule has 1 saturated heterocycles. The highest BCUT2D eigenvalue weighted by Gasteiger charge is 2.32. The van der Waals surface area contributed by atoms with E-state index >= 15 is 0 Å². The van der Waals surface area contributed by atoms with Crippen molar-refractivity contribution in [3.8, 4) is 0 Å². The van der Waals surface area contributed by atoms with Gasteiger partial charge in [-0.25, -0.2) is 4.68 Å². The molecule has 3 aromatic rings. The van der Waals surface area contributed by atoms with Gasteiger partial charge >= 0.3 is 0 Å². The Kier molecular flexibility index (Phi) is 7.82. The van der Waals surface area contributed by atoms with Crippen LogP contribution in [0.5, 0.6) is 0 Å². The predicted molar refractivity (Wildman–Crippen MR) is 141 cm³/mol. The smallest absolute Gasteiger partial charge is 0.252 e. The normalized spacial score (nSPS) is 19.9. The van der Waals surface area contributed by atoms with Crippen LogP contribution in [0.15, 0.2) is 23.0 Å². The molecule has 8 nitrogen and oxygen atoms in total. The van der Waals surface area contributed by atoms with Gasteiger partial charge in [-0.05, 0) is 91.1 Å². The summed E-state index contributed by atoms with van der Waals surface area (Å²) in [6.07, 6.45) is 10.3. The van der Waals surface area contributed by atoms with Crippen LogP contribution in [0.25, 0.3) is 10.9 Å². The van der Waals surface area contributed by atoms with Crippen molar-refractivity contribution < 1.29 is 4.74 Å². The molecule has 8 heteroatoms. The Labute approximate surface area is 213 Å². The maximum absolute atomic E-state index is 13.2. The lowest BCUT2D eigenvalue weighted by atomic mass is 9.95. The third kappa shape index (κ3) is 5.39. The number of ether oxygens (including phenoxy) is 1. The van der Waals surface area contributed by atoms with Gasteiger partial charge < -0.3 is 9.72 Å². The van der Waals surface area contributed by atoms with E-state index in [-0.39, 0.29) is 17.7 Å². The van der Waals surface area contributed by atoms with E-state index in [0.717, 1.165) is 74.0 Å². The monoisotopic (exact) mass is 492 g/mol. The van der Waals surface area contributed by atoms with E-state index in [1.165, 1.54) is 30.4 Å². The summed E-state index contributed by atoms with van der Waals surface area (Å²) in [5, 5.41) is 14.3. The quantitative estimate of drug-likeness (QED) is 0.444. The molecule has 2 aromatic heterocycles. The summed E-state index contributed by atoms with van der Waals surface area (Å²) in [7, 11) is 0. The maximum atomic E-state index is 13.2. The zero-order chi connectivity index (χ0) is 25.1. The Bertz CT molecular complexity index is 1220. The molecule has 36 heavy (non-hydrogen) atoms. The van der Waals surface area contributed by atoms with E-state index in [0.29, 0.717) is 12.6 Å². The standard InChI is InChI=1S/C28H40N6O2/c1-4-9-26(27-30-31-32-34(27)23-10-6-5-7-11-23)33(18-24-12-8-13-36-24)17-22-16-21-14-19(2)20(3)15-25(21)29-28(22)35/h14-16,23-24,26H,4-13,17-18H2,1-3H3,(H,29,35)/t24-,26-/m0/s1. The molecule has 1 N–H and O–H groups in total. The number of tetrazole rings is 1. The van der Waals surface area contributed by atoms with Gasteiger partial charge in [-0.2, -0.15) is 0 Å². The maximum Gasteiger partial charge on any atom is 0.252 e. The van der Waals surface area contributed by atoms with E-state index in [1.807, 2.05) is 0 Å². The lowest BCUT2D eigenvalue weighted by molar-refractivity contribution is 0.0468. The molecule has 1 aromatic carbocycles. The third-order valence-corrected chi connectivity index (χ3v) is 8.11. The number of pyridine rings is 1. The van der Waals surface area contributed by atoms with Gasteiger partial charge in [0.15, 0.2) is 5.82 Å². The molecular weight excluding hydrogens is 452 g/mol. The van der Waals surface area contributed by atoms with Crippen LogP contribution in [-0.4, -0.2) is 49.3 Å². The Morgan fingerprint density at radius 2 is 1.92 bits per heavy atom. The Morgan fingerprint density at radius 1 is 1.11 bits per heavy atom. The van der Waals surface area contributed by atoms with E-state index in [1.54, 1.807) is 0 Å². The second-order valence-electron chi connectivity index (χ2n) is 10.8. The first-order valence-electron chi connectivity index (χ1n) is 13.8. The second-order valence-corrected chi connectivity index (χ2v) is 10.8. The number of H-pyrrole nitrogens is 1. The zero-order valence-corrected chi connectivity index (χ0v) is 22.0. The summed E-state index contributed by atoms with van der Waals surface area (Å²) in [6, 6.07) is 6.70. The fraction of sp³-hybridized carbons (Fsp3) is 0.643. The number of hydrogen-bond acceptors (Lipinski definition) is 6. The molecule has 194 valence electrons. The summed E-state index contributed by atoms with van der Waals surface area (Å²) in [5.74, 6) is 0.936. The molecule has 0 bridgehead atoms. The van der Waals surface area contributed by atoms with Gasteiger partial charge in [0.05, 0.1) is 18.2 Å². The average molecular weight is 493 g/mol. The van der Waals surface area contributed by atoms with Crippen LogP contribution in [0.2, 0.25) is 0 Å². The summed E-state index contributed by atoms with van der Waals surface area (Å²) in [6.45, 7) is 8.53. The minimum atomic E-state index is -0.0229. The SMILES string of the molecule is CCC[C@@H](c1nnnn1C1CCCCC1)N(Cc1cc2cc(C)c(C)cc2[nH]c1=O)C[C@@H]1CCCO1. The molecular formula is C28H40N6O2. The van der Waals surface area contributed by atoms with Crippen molar-refractivity contribution in [2.24, 2.45) is 0 Å². The van der Waals surface area contributed by atoms with Crippen LogP contribution in [0.3, 0.4) is 0 Å². The zero-order valence-electron chi connectivity index (χ0n) is 22.0. The van der Waals surface area contributed by atoms with Crippen molar-refractivity contribution in [2.45, 2.75) is 103 Å². The van der Waals surface area contributed by atoms with E-state index < -0.39 is 0 Å². The van der Waals surface area contributed by atoms with Gasteiger partial charge in [0.2, 0.25) is 0 Å². The highest BCUT2D eigenvalue weighted by molar-refractivity contribution is 5.80. The van der Waals surface area contributed by atoms with Gasteiger partial charge in [0.1, 0.15) is 0 Å². The van der Waals surface area contributed by atoms with Crippen LogP contribution >= 0.6 is 0 Å². The number of nitrogens with zero attached hydrogens (tertiary/aromatic N) is 5. The number of nitrogens with one attached hydrogen (secondary N) is 1. The molecule has 2 aliphatic rings. The first-order chi connectivity index (χ1) is 17.5. The molecule has 1 aliphatic heterocycles. The average Bonchev–Trinajstić information content (AvgIpc) is 3.57. The Hall–Kier alpha value is -2.58. The fourth-order valence-corrected chi connectivity index (χ4v) is 5.96. The first kappa shape index (κ1) is 25.1. The second kappa shape index (κ2) is 11.2. The number of rotatable bonds is 9. The van der Waals surface area contributed by atoms with Crippen molar-refractivity contribution >= 4 is 10.9 Å². The van der Waals surface area contributed by atoms with Gasteiger partial charge in [-0.15, -0.1) is 5.10 Å². The van der Waals surface area contributed by atoms with Crippen LogP contribution in [0.4, 0.5) is 0 Å². The molecule has 5 rings (SSSR count). The molecule has 2 fully saturated rings. The molecule has 0 spiro atoms. The van der Waals surface area contributed by atoms with Crippen molar-refractivity contribution in [3.63, 3.8) is 0 Å². The summed E-state index contributed by atoms with van der Waals surface area (Å²) in [4.78, 5) is 18.8.